The third-order valence-corrected chi connectivity index (χ3v) is 1.60. The second-order valence-electron chi connectivity index (χ2n) is 3.13. The van der Waals surface area contributed by atoms with Gasteiger partial charge in [0.05, 0.1) is 14.2 Å². The molecule has 0 aromatic carbocycles. The molecule has 0 saturated heterocycles. The molecule has 5 heteroatoms. The maximum absolute atomic E-state index is 11.2. The Kier molecular flexibility index (Phi) is 6.67. The smallest absolute Gasteiger partial charge is 0.348 e. The normalized spacial score (nSPS) is 8.75. The summed E-state index contributed by atoms with van der Waals surface area (Å²) in [4.78, 5) is 22.3. The summed E-state index contributed by atoms with van der Waals surface area (Å²) in [6.07, 6.45) is 2.85. The van der Waals surface area contributed by atoms with Gasteiger partial charge in [-0.05, 0) is 19.9 Å². The lowest BCUT2D eigenvalue weighted by atomic mass is 10.3. The minimum atomic E-state index is -0.788. The maximum atomic E-state index is 11.2. The molecule has 0 aromatic rings. The third kappa shape index (κ3) is 5.19. The second-order valence-corrected chi connectivity index (χ2v) is 3.13. The summed E-state index contributed by atoms with van der Waals surface area (Å²) in [5.74, 6) is -1.58. The molecular formula is C11H16O5. The Morgan fingerprint density at radius 2 is 1.56 bits per heavy atom. The Morgan fingerprint density at radius 1 is 1.06 bits per heavy atom. The molecule has 0 saturated carbocycles. The summed E-state index contributed by atoms with van der Waals surface area (Å²) in [7, 11) is 2.35. The van der Waals surface area contributed by atoms with E-state index < -0.39 is 11.9 Å². The first kappa shape index (κ1) is 14.2. The van der Waals surface area contributed by atoms with Crippen molar-refractivity contribution in [1.82, 2.24) is 0 Å². The summed E-state index contributed by atoms with van der Waals surface area (Å²) in [5, 5.41) is 0. The van der Waals surface area contributed by atoms with Crippen LogP contribution >= 0.6 is 0 Å². The average molecular weight is 228 g/mol. The van der Waals surface area contributed by atoms with E-state index in [1.807, 2.05) is 19.9 Å². The maximum Gasteiger partial charge on any atom is 0.348 e. The highest BCUT2D eigenvalue weighted by Gasteiger charge is 2.20. The van der Waals surface area contributed by atoms with Gasteiger partial charge in [-0.25, -0.2) is 9.59 Å². The van der Waals surface area contributed by atoms with Crippen molar-refractivity contribution in [3.63, 3.8) is 0 Å². The van der Waals surface area contributed by atoms with E-state index in [4.69, 9.17) is 4.74 Å². The molecule has 0 bridgehead atoms. The molecule has 90 valence electrons. The molecule has 0 aliphatic carbocycles. The van der Waals surface area contributed by atoms with E-state index in [-0.39, 0.29) is 12.2 Å². The zero-order valence-corrected chi connectivity index (χ0v) is 9.90. The van der Waals surface area contributed by atoms with E-state index in [0.29, 0.717) is 0 Å². The van der Waals surface area contributed by atoms with E-state index in [9.17, 15) is 9.59 Å². The van der Waals surface area contributed by atoms with Gasteiger partial charge in [0.15, 0.2) is 5.57 Å². The van der Waals surface area contributed by atoms with Gasteiger partial charge in [-0.2, -0.15) is 0 Å². The number of methoxy groups -OCH3 is 2. The topological polar surface area (TPSA) is 61.8 Å². The minimum absolute atomic E-state index is 0.271. The Bertz CT molecular complexity index is 292. The highest BCUT2D eigenvalue weighted by atomic mass is 16.5. The van der Waals surface area contributed by atoms with E-state index in [2.05, 4.69) is 9.47 Å². The van der Waals surface area contributed by atoms with E-state index >= 15 is 0 Å². The molecule has 16 heavy (non-hydrogen) atoms. The second kappa shape index (κ2) is 7.50. The van der Waals surface area contributed by atoms with Crippen molar-refractivity contribution in [1.29, 1.82) is 0 Å². The Labute approximate surface area is 94.7 Å². The third-order valence-electron chi connectivity index (χ3n) is 1.60. The number of rotatable bonds is 5. The van der Waals surface area contributed by atoms with Crippen LogP contribution in [0.25, 0.3) is 0 Å². The first-order valence-corrected chi connectivity index (χ1v) is 4.64. The SMILES string of the molecule is COC(=O)C(=COCC=C(C)C)C(=O)OC. The van der Waals surface area contributed by atoms with Gasteiger partial charge in [-0.3, -0.25) is 0 Å². The summed E-state index contributed by atoms with van der Waals surface area (Å²) in [5.41, 5.74) is 0.804. The highest BCUT2D eigenvalue weighted by molar-refractivity contribution is 6.13. The first-order chi connectivity index (χ1) is 7.52. The van der Waals surface area contributed by atoms with Crippen LogP contribution in [0, 0.1) is 0 Å². The van der Waals surface area contributed by atoms with Crippen molar-refractivity contribution in [3.8, 4) is 0 Å². The van der Waals surface area contributed by atoms with Gasteiger partial charge in [0, 0.05) is 0 Å². The quantitative estimate of drug-likeness (QED) is 0.134. The van der Waals surface area contributed by atoms with Crippen molar-refractivity contribution >= 4 is 11.9 Å². The molecule has 0 N–H and O–H groups in total. The fourth-order valence-electron chi connectivity index (χ4n) is 0.746. The molecular weight excluding hydrogens is 212 g/mol. The number of esters is 2. The van der Waals surface area contributed by atoms with Crippen LogP contribution in [0.15, 0.2) is 23.5 Å². The average Bonchev–Trinajstić information content (AvgIpc) is 2.27. The Morgan fingerprint density at radius 3 is 1.94 bits per heavy atom. The van der Waals surface area contributed by atoms with Gasteiger partial charge in [0.25, 0.3) is 0 Å². The fraction of sp³-hybridized carbons (Fsp3) is 0.455. The molecule has 0 rings (SSSR count). The molecule has 5 nitrogen and oxygen atoms in total. The molecule has 0 heterocycles. The molecule has 0 aliphatic rings. The monoisotopic (exact) mass is 228 g/mol. The van der Waals surface area contributed by atoms with Crippen LogP contribution in [0.2, 0.25) is 0 Å². The van der Waals surface area contributed by atoms with Crippen molar-refractivity contribution in [2.45, 2.75) is 13.8 Å². The van der Waals surface area contributed by atoms with Crippen molar-refractivity contribution in [2.24, 2.45) is 0 Å². The molecule has 0 radical (unpaired) electrons. The summed E-state index contributed by atoms with van der Waals surface area (Å²) in [6.45, 7) is 4.10. The lowest BCUT2D eigenvalue weighted by Gasteiger charge is -2.03. The van der Waals surface area contributed by atoms with Crippen LogP contribution in [0.3, 0.4) is 0 Å². The zero-order chi connectivity index (χ0) is 12.6. The van der Waals surface area contributed by atoms with Crippen LogP contribution < -0.4 is 0 Å². The molecule has 0 aliphatic heterocycles. The van der Waals surface area contributed by atoms with Gasteiger partial charge in [-0.15, -0.1) is 0 Å². The van der Waals surface area contributed by atoms with Gasteiger partial charge in [0.2, 0.25) is 0 Å². The van der Waals surface area contributed by atoms with Crippen LogP contribution in [0.5, 0.6) is 0 Å². The summed E-state index contributed by atoms with van der Waals surface area (Å²) in [6, 6.07) is 0. The lowest BCUT2D eigenvalue weighted by Crippen LogP contribution is -2.16. The minimum Gasteiger partial charge on any atom is -0.496 e. The molecule has 0 aromatic heterocycles. The highest BCUT2D eigenvalue weighted by Crippen LogP contribution is 2.01. The standard InChI is InChI=1S/C11H16O5/c1-8(2)5-6-16-7-9(10(12)14-3)11(13)15-4/h5,7H,6H2,1-4H3. The van der Waals surface area contributed by atoms with Gasteiger partial charge >= 0.3 is 11.9 Å². The Balaban J connectivity index is 4.52. The molecule has 0 spiro atoms. The van der Waals surface area contributed by atoms with Crippen LogP contribution in [-0.2, 0) is 23.8 Å². The van der Waals surface area contributed by atoms with Crippen LogP contribution in [-0.4, -0.2) is 32.8 Å². The summed E-state index contributed by atoms with van der Waals surface area (Å²) >= 11 is 0. The van der Waals surface area contributed by atoms with Gasteiger partial charge in [0.1, 0.15) is 12.9 Å². The number of allylic oxidation sites excluding steroid dienone is 1. The largest absolute Gasteiger partial charge is 0.496 e. The van der Waals surface area contributed by atoms with E-state index in [1.54, 1.807) is 0 Å². The van der Waals surface area contributed by atoms with Crippen molar-refractivity contribution in [2.75, 3.05) is 20.8 Å². The zero-order valence-electron chi connectivity index (χ0n) is 9.90. The number of hydrogen-bond donors (Lipinski definition) is 0. The van der Waals surface area contributed by atoms with E-state index in [0.717, 1.165) is 11.8 Å². The van der Waals surface area contributed by atoms with Crippen LogP contribution in [0.1, 0.15) is 13.8 Å². The van der Waals surface area contributed by atoms with Gasteiger partial charge in [-0.1, -0.05) is 5.57 Å². The fourth-order valence-corrected chi connectivity index (χ4v) is 0.746. The first-order valence-electron chi connectivity index (χ1n) is 4.64. The molecule has 0 atom stereocenters. The number of hydrogen-bond acceptors (Lipinski definition) is 5. The predicted molar refractivity (Wildman–Crippen MR) is 57.5 cm³/mol. The number of carbonyl (C=O) groups excluding carboxylic acids is 2. The predicted octanol–water partition coefficient (Wildman–Crippen LogP) is 1.20. The Hall–Kier alpha value is -1.78. The van der Waals surface area contributed by atoms with Crippen molar-refractivity contribution in [3.05, 3.63) is 23.5 Å². The van der Waals surface area contributed by atoms with Gasteiger partial charge < -0.3 is 14.2 Å². The molecule has 0 amide bonds. The number of carbonyl (C=O) groups is 2. The summed E-state index contributed by atoms with van der Waals surface area (Å²) < 4.78 is 13.8. The van der Waals surface area contributed by atoms with E-state index in [1.165, 1.54) is 14.2 Å². The van der Waals surface area contributed by atoms with Crippen molar-refractivity contribution < 1.29 is 23.8 Å². The lowest BCUT2D eigenvalue weighted by molar-refractivity contribution is -0.144. The number of ether oxygens (including phenoxy) is 3. The van der Waals surface area contributed by atoms with Crippen LogP contribution in [0.4, 0.5) is 0 Å². The molecule has 0 unspecified atom stereocenters. The molecule has 0 fully saturated rings.